The fraction of sp³-hybridized carbons (Fsp3) is 0.400. The molecule has 2 heterocycles. The van der Waals surface area contributed by atoms with Gasteiger partial charge >= 0.3 is 0 Å². The fourth-order valence-corrected chi connectivity index (χ4v) is 2.45. The van der Waals surface area contributed by atoms with Crippen molar-refractivity contribution in [3.63, 3.8) is 0 Å². The van der Waals surface area contributed by atoms with Gasteiger partial charge in [0.05, 0.1) is 10.0 Å². The Hall–Kier alpha value is -1.26. The monoisotopic (exact) mass is 497 g/mol. The zero-order chi connectivity index (χ0) is 17.2. The Morgan fingerprint density at radius 2 is 2.04 bits per heavy atom. The summed E-state index contributed by atoms with van der Waals surface area (Å²) < 4.78 is 1.91. The number of nitrogens with zero attached hydrogens (tertiary/aromatic N) is 4. The van der Waals surface area contributed by atoms with Crippen molar-refractivity contribution in [1.82, 2.24) is 25.4 Å². The van der Waals surface area contributed by atoms with Gasteiger partial charge in [0.1, 0.15) is 5.82 Å². The van der Waals surface area contributed by atoms with Gasteiger partial charge in [0.25, 0.3) is 0 Å². The van der Waals surface area contributed by atoms with Crippen LogP contribution in [0.5, 0.6) is 0 Å². The predicted molar refractivity (Wildman–Crippen MR) is 114 cm³/mol. The highest BCUT2D eigenvalue weighted by molar-refractivity contribution is 14.0. The maximum absolute atomic E-state index is 6.05. The number of nitrogens with one attached hydrogen (secondary N) is 3. The molecule has 0 radical (unpaired) electrons. The van der Waals surface area contributed by atoms with E-state index < -0.39 is 0 Å². The first-order chi connectivity index (χ1) is 11.7. The van der Waals surface area contributed by atoms with Crippen molar-refractivity contribution in [2.24, 2.45) is 4.99 Å². The summed E-state index contributed by atoms with van der Waals surface area (Å²) in [6.07, 6.45) is 6.26. The van der Waals surface area contributed by atoms with Crippen LogP contribution in [-0.4, -0.2) is 47.4 Å². The molecule has 25 heavy (non-hydrogen) atoms. The molecule has 0 bridgehead atoms. The third kappa shape index (κ3) is 8.10. The molecule has 0 saturated carbocycles. The Morgan fingerprint density at radius 1 is 1.24 bits per heavy atom. The second-order valence-corrected chi connectivity index (χ2v) is 5.80. The minimum Gasteiger partial charge on any atom is -0.367 e. The molecular weight excluding hydrogens is 476 g/mol. The van der Waals surface area contributed by atoms with Crippen LogP contribution in [0.1, 0.15) is 6.42 Å². The molecular formula is C15H22Cl2IN7. The van der Waals surface area contributed by atoms with Gasteiger partial charge in [-0.25, -0.2) is 4.98 Å². The topological polar surface area (TPSA) is 79.2 Å². The normalized spacial score (nSPS) is 10.9. The molecule has 0 aromatic carbocycles. The molecule has 0 aliphatic rings. The molecule has 0 spiro atoms. The van der Waals surface area contributed by atoms with Crippen molar-refractivity contribution in [2.75, 3.05) is 32.0 Å². The van der Waals surface area contributed by atoms with Gasteiger partial charge in [-0.15, -0.1) is 24.0 Å². The lowest BCUT2D eigenvalue weighted by Gasteiger charge is -2.13. The Bertz CT molecular complexity index is 649. The summed E-state index contributed by atoms with van der Waals surface area (Å²) in [5.74, 6) is 1.37. The van der Waals surface area contributed by atoms with Gasteiger partial charge in [0, 0.05) is 51.8 Å². The van der Waals surface area contributed by atoms with Gasteiger partial charge in [-0.3, -0.25) is 9.67 Å². The van der Waals surface area contributed by atoms with Crippen LogP contribution in [0.4, 0.5) is 5.82 Å². The average Bonchev–Trinajstić information content (AvgIpc) is 3.08. The van der Waals surface area contributed by atoms with E-state index in [0.717, 1.165) is 25.5 Å². The number of aryl methyl sites for hydroxylation is 1. The van der Waals surface area contributed by atoms with E-state index in [1.807, 2.05) is 16.9 Å². The van der Waals surface area contributed by atoms with Crippen molar-refractivity contribution in [3.05, 3.63) is 40.8 Å². The number of aromatic nitrogens is 3. The van der Waals surface area contributed by atoms with Gasteiger partial charge in [-0.2, -0.15) is 5.10 Å². The van der Waals surface area contributed by atoms with Crippen LogP contribution in [-0.2, 0) is 6.54 Å². The number of pyridine rings is 1. The zero-order valence-electron chi connectivity index (χ0n) is 13.9. The van der Waals surface area contributed by atoms with Crippen molar-refractivity contribution < 1.29 is 0 Å². The highest BCUT2D eigenvalue weighted by atomic mass is 127. The molecule has 3 N–H and O–H groups in total. The number of aliphatic imine (C=N–C) groups is 1. The average molecular weight is 498 g/mol. The number of guanidine groups is 1. The number of halogens is 3. The third-order valence-electron chi connectivity index (χ3n) is 3.16. The lowest BCUT2D eigenvalue weighted by Crippen LogP contribution is -2.40. The summed E-state index contributed by atoms with van der Waals surface area (Å²) in [4.78, 5) is 8.32. The van der Waals surface area contributed by atoms with Crippen molar-refractivity contribution in [1.29, 1.82) is 0 Å². The molecule has 2 aromatic rings. The first-order valence-corrected chi connectivity index (χ1v) is 8.41. The molecule has 7 nitrogen and oxygen atoms in total. The van der Waals surface area contributed by atoms with Crippen LogP contribution in [0.3, 0.4) is 0 Å². The number of rotatable bonds is 8. The van der Waals surface area contributed by atoms with Gasteiger partial charge < -0.3 is 16.0 Å². The number of hydrogen-bond donors (Lipinski definition) is 3. The Balaban J connectivity index is 0.00000312. The standard InChI is InChI=1S/C15H21Cl2N7.HI/c1-18-15(20-4-2-8-24-9-3-5-23-24)21-7-6-19-14-13(17)10-12(16)11-22-14;/h3,5,9-11H,2,4,6-8H2,1H3,(H,19,22)(H2,18,20,21);1H. The van der Waals surface area contributed by atoms with Crippen molar-refractivity contribution in [3.8, 4) is 0 Å². The Labute approximate surface area is 174 Å². The predicted octanol–water partition coefficient (Wildman–Crippen LogP) is 2.87. The summed E-state index contributed by atoms with van der Waals surface area (Å²) in [6.45, 7) is 3.03. The highest BCUT2D eigenvalue weighted by Crippen LogP contribution is 2.21. The maximum Gasteiger partial charge on any atom is 0.191 e. The van der Waals surface area contributed by atoms with E-state index in [1.165, 1.54) is 0 Å². The second-order valence-electron chi connectivity index (χ2n) is 4.96. The van der Waals surface area contributed by atoms with Gasteiger partial charge in [-0.1, -0.05) is 23.2 Å². The van der Waals surface area contributed by atoms with Crippen LogP contribution in [0.15, 0.2) is 35.7 Å². The molecule has 0 aliphatic carbocycles. The zero-order valence-corrected chi connectivity index (χ0v) is 17.7. The molecule has 0 atom stereocenters. The lowest BCUT2D eigenvalue weighted by atomic mass is 10.4. The summed E-state index contributed by atoms with van der Waals surface area (Å²) >= 11 is 11.9. The van der Waals surface area contributed by atoms with E-state index in [0.29, 0.717) is 29.0 Å². The Kier molecular flexibility index (Phi) is 10.6. The van der Waals surface area contributed by atoms with Gasteiger partial charge in [-0.05, 0) is 18.6 Å². The van der Waals surface area contributed by atoms with E-state index in [4.69, 9.17) is 23.2 Å². The SMILES string of the molecule is CN=C(NCCCn1cccn1)NCCNc1ncc(Cl)cc1Cl.I. The summed E-state index contributed by atoms with van der Waals surface area (Å²) in [5, 5.41) is 14.8. The molecule has 0 saturated heterocycles. The molecule has 0 amide bonds. The Morgan fingerprint density at radius 3 is 2.72 bits per heavy atom. The van der Waals surface area contributed by atoms with Crippen LogP contribution in [0, 0.1) is 0 Å². The highest BCUT2D eigenvalue weighted by Gasteiger charge is 2.02. The van der Waals surface area contributed by atoms with Gasteiger partial charge in [0.15, 0.2) is 5.96 Å². The third-order valence-corrected chi connectivity index (χ3v) is 3.65. The molecule has 138 valence electrons. The summed E-state index contributed by atoms with van der Waals surface area (Å²) in [6, 6.07) is 3.58. The van der Waals surface area contributed by atoms with E-state index in [-0.39, 0.29) is 24.0 Å². The molecule has 0 fully saturated rings. The second kappa shape index (κ2) is 12.2. The number of anilines is 1. The lowest BCUT2D eigenvalue weighted by molar-refractivity contribution is 0.570. The summed E-state index contributed by atoms with van der Waals surface area (Å²) in [7, 11) is 1.74. The molecule has 10 heteroatoms. The van der Waals surface area contributed by atoms with E-state index >= 15 is 0 Å². The van der Waals surface area contributed by atoms with E-state index in [1.54, 1.807) is 25.5 Å². The van der Waals surface area contributed by atoms with Gasteiger partial charge in [0.2, 0.25) is 0 Å². The fourth-order valence-electron chi connectivity index (χ4n) is 2.01. The van der Waals surface area contributed by atoms with E-state index in [9.17, 15) is 0 Å². The van der Waals surface area contributed by atoms with Crippen molar-refractivity contribution >= 4 is 59.0 Å². The van der Waals surface area contributed by atoms with Crippen LogP contribution < -0.4 is 16.0 Å². The quantitative estimate of drug-likeness (QED) is 0.226. The van der Waals surface area contributed by atoms with Crippen LogP contribution in [0.25, 0.3) is 0 Å². The first-order valence-electron chi connectivity index (χ1n) is 7.66. The van der Waals surface area contributed by atoms with Crippen LogP contribution >= 0.6 is 47.2 Å². The first kappa shape index (κ1) is 21.8. The molecule has 2 aromatic heterocycles. The maximum atomic E-state index is 6.05. The van der Waals surface area contributed by atoms with Crippen molar-refractivity contribution in [2.45, 2.75) is 13.0 Å². The molecule has 0 aliphatic heterocycles. The molecule has 0 unspecified atom stereocenters. The minimum atomic E-state index is 0. The minimum absolute atomic E-state index is 0. The largest absolute Gasteiger partial charge is 0.367 e. The van der Waals surface area contributed by atoms with Crippen LogP contribution in [0.2, 0.25) is 10.0 Å². The number of hydrogen-bond acceptors (Lipinski definition) is 4. The smallest absolute Gasteiger partial charge is 0.191 e. The van der Waals surface area contributed by atoms with E-state index in [2.05, 4.69) is 31.0 Å². The summed E-state index contributed by atoms with van der Waals surface area (Å²) in [5.41, 5.74) is 0. The molecule has 2 rings (SSSR count).